The second kappa shape index (κ2) is 20.5. The summed E-state index contributed by atoms with van der Waals surface area (Å²) in [6, 6.07) is 0.598. The quantitative estimate of drug-likeness (QED) is 0.322. The Morgan fingerprint density at radius 3 is 0.786 bits per heavy atom. The van der Waals surface area contributed by atoms with Gasteiger partial charge in [-0.15, -0.1) is 0 Å². The predicted octanol–water partition coefficient (Wildman–Crippen LogP) is 5.37. The fraction of sp³-hybridized carbons (Fsp3) is 1.00. The van der Waals surface area contributed by atoms with E-state index in [2.05, 4.69) is 0 Å². The van der Waals surface area contributed by atoms with E-state index in [1.165, 1.54) is 0 Å². The zero-order valence-corrected chi connectivity index (χ0v) is 38.9. The molecular formula is C24H69O10Si8-3. The molecule has 10 nitrogen and oxygen atoms in total. The molecule has 0 amide bonds. The normalized spacial score (nSPS) is 34.9. The monoisotopic (exact) mass is 741 g/mol. The summed E-state index contributed by atoms with van der Waals surface area (Å²) < 4.78 is 36.7. The first-order chi connectivity index (χ1) is 18.7. The van der Waals surface area contributed by atoms with Gasteiger partial charge >= 0.3 is 42.8 Å². The van der Waals surface area contributed by atoms with Crippen LogP contribution in [0.4, 0.5) is 0 Å². The van der Waals surface area contributed by atoms with Crippen LogP contribution in [0.15, 0.2) is 0 Å². The van der Waals surface area contributed by atoms with E-state index in [0.717, 1.165) is 0 Å². The van der Waals surface area contributed by atoms with Gasteiger partial charge in [-0.25, -0.2) is 0 Å². The van der Waals surface area contributed by atoms with Crippen molar-refractivity contribution in [3.63, 3.8) is 0 Å². The highest BCUT2D eigenvalue weighted by atomic mass is 28.5. The Balaban J connectivity index is -0.000000826. The van der Waals surface area contributed by atoms with Crippen molar-refractivity contribution in [3.05, 3.63) is 0 Å². The average molecular weight is 742 g/mol. The summed E-state index contributed by atoms with van der Waals surface area (Å²) in [5.41, 5.74) is 0. The molecular weight excluding hydrogens is 673 g/mol. The molecule has 1 heterocycles. The number of hydrogen-bond donors (Lipinski definition) is 1. The maximum atomic E-state index is 13.3. The Kier molecular flexibility index (Phi) is 24.6. The second-order valence-corrected chi connectivity index (χ2v) is 39.0. The molecule has 0 aromatic heterocycles. The third-order valence-electron chi connectivity index (χ3n) is 4.91. The van der Waals surface area contributed by atoms with E-state index in [9.17, 15) is 19.2 Å². The van der Waals surface area contributed by atoms with Gasteiger partial charge in [0.05, 0.1) is 25.7 Å². The van der Waals surface area contributed by atoms with Gasteiger partial charge in [-0.1, -0.05) is 75.0 Å². The first-order valence-electron chi connectivity index (χ1n) is 15.7. The van der Waals surface area contributed by atoms with E-state index in [1.807, 2.05) is 68.5 Å². The zero-order valence-electron chi connectivity index (χ0n) is 30.9. The Morgan fingerprint density at radius 1 is 0.357 bits per heavy atom. The van der Waals surface area contributed by atoms with Crippen molar-refractivity contribution < 1.29 is 43.9 Å². The SMILES string of the molecule is CC.CC.CC.CC.C[Si]1([O-])CC[Si](C)([O-])O[Si](C)(C)O[Si](C)(C)O[Si](C)(O)CC[Si](C)([O-])O[Si](C)(C)O[Si](C)(C)O1. The van der Waals surface area contributed by atoms with Gasteiger partial charge in [-0.2, -0.15) is 0 Å². The van der Waals surface area contributed by atoms with Gasteiger partial charge in [-0.05, 0) is 83.1 Å². The molecule has 1 aliphatic heterocycles. The minimum absolute atomic E-state index is 0.110. The Hall–Kier alpha value is 1.34. The molecule has 0 aliphatic carbocycles. The first kappa shape index (κ1) is 50.2. The van der Waals surface area contributed by atoms with Crippen LogP contribution in [0.2, 0.25) is 103 Å². The van der Waals surface area contributed by atoms with Crippen LogP contribution in [0.3, 0.4) is 0 Å². The molecule has 0 spiro atoms. The van der Waals surface area contributed by atoms with Crippen LogP contribution in [-0.2, 0) is 24.7 Å². The maximum Gasteiger partial charge on any atom is 0.323 e. The maximum absolute atomic E-state index is 13.3. The van der Waals surface area contributed by atoms with Crippen LogP contribution in [-0.4, -0.2) is 73.3 Å². The molecule has 4 atom stereocenters. The molecule has 4 unspecified atom stereocenters. The van der Waals surface area contributed by atoms with Crippen LogP contribution in [0.25, 0.3) is 0 Å². The van der Waals surface area contributed by atoms with Crippen LogP contribution >= 0.6 is 0 Å². The Bertz CT molecular complexity index is 593. The minimum Gasteiger partial charge on any atom is -0.839 e. The van der Waals surface area contributed by atoms with Crippen molar-refractivity contribution >= 4 is 68.5 Å². The summed E-state index contributed by atoms with van der Waals surface area (Å²) in [4.78, 5) is 50.9. The first-order valence-corrected chi connectivity index (χ1v) is 37.1. The van der Waals surface area contributed by atoms with E-state index in [-0.39, 0.29) is 24.2 Å². The fourth-order valence-corrected chi connectivity index (χ4v) is 41.8. The summed E-state index contributed by atoms with van der Waals surface area (Å²) in [7, 11) is -25.3. The fourth-order valence-electron chi connectivity index (χ4n) is 4.47. The number of rotatable bonds is 0. The second-order valence-electron chi connectivity index (χ2n) is 11.8. The van der Waals surface area contributed by atoms with Crippen LogP contribution in [0.1, 0.15) is 55.4 Å². The smallest absolute Gasteiger partial charge is 0.323 e. The van der Waals surface area contributed by atoms with E-state index in [1.54, 1.807) is 65.5 Å². The zero-order chi connectivity index (χ0) is 35.1. The molecule has 1 N–H and O–H groups in total. The summed E-state index contributed by atoms with van der Waals surface area (Å²) in [5, 5.41) is 0. The lowest BCUT2D eigenvalue weighted by Crippen LogP contribution is -2.65. The van der Waals surface area contributed by atoms with E-state index in [4.69, 9.17) is 24.7 Å². The van der Waals surface area contributed by atoms with Crippen molar-refractivity contribution in [2.45, 2.75) is 158 Å². The summed E-state index contributed by atoms with van der Waals surface area (Å²) in [5.74, 6) is 0. The van der Waals surface area contributed by atoms with Gasteiger partial charge in [0.1, 0.15) is 0 Å². The van der Waals surface area contributed by atoms with E-state index >= 15 is 0 Å². The highest BCUT2D eigenvalue weighted by Gasteiger charge is 2.45. The molecule has 260 valence electrons. The van der Waals surface area contributed by atoms with Gasteiger partial charge in [0.15, 0.2) is 0 Å². The van der Waals surface area contributed by atoms with Gasteiger partial charge in [0.25, 0.3) is 0 Å². The lowest BCUT2D eigenvalue weighted by Gasteiger charge is -2.49. The summed E-state index contributed by atoms with van der Waals surface area (Å²) >= 11 is 0. The van der Waals surface area contributed by atoms with Crippen molar-refractivity contribution in [1.29, 1.82) is 0 Å². The Morgan fingerprint density at radius 2 is 0.548 bits per heavy atom. The van der Waals surface area contributed by atoms with Gasteiger partial charge in [0.2, 0.25) is 0 Å². The van der Waals surface area contributed by atoms with E-state index < -0.39 is 68.5 Å². The molecule has 1 saturated heterocycles. The largest absolute Gasteiger partial charge is 0.839 e. The molecule has 18 heteroatoms. The predicted molar refractivity (Wildman–Crippen MR) is 190 cm³/mol. The molecule has 0 saturated carbocycles. The van der Waals surface area contributed by atoms with Gasteiger partial charge in [0, 0.05) is 0 Å². The third kappa shape index (κ3) is 25.5. The van der Waals surface area contributed by atoms with E-state index in [0.29, 0.717) is 0 Å². The molecule has 0 bridgehead atoms. The standard InChI is InChI=1S/C16H45O10Si8.4C2H6/c1-27(2)21-28(3,4)24-32(10,18)15-16-34(12,20)26-30(7,8)22-29(5,6)25-33(11,19)14-13-31(9,17)23-27;4*1-2/h17H,13-16H2,1-12H3;4*1-2H3/q-3;;;;. The lowest BCUT2D eigenvalue weighted by atomic mass is 10.9. The molecule has 1 aliphatic rings. The van der Waals surface area contributed by atoms with Crippen molar-refractivity contribution in [1.82, 2.24) is 0 Å². The summed E-state index contributed by atoms with van der Waals surface area (Å²) in [6.45, 7) is 36.7. The average Bonchev–Trinajstić information content (AvgIpc) is 2.77. The third-order valence-corrected chi connectivity index (χ3v) is 33.2. The summed E-state index contributed by atoms with van der Waals surface area (Å²) in [6.07, 6.45) is 0. The highest BCUT2D eigenvalue weighted by Crippen LogP contribution is 2.30. The molecule has 1 rings (SSSR count). The minimum atomic E-state index is -3.48. The van der Waals surface area contributed by atoms with Gasteiger partial charge < -0.3 is 43.9 Å². The van der Waals surface area contributed by atoms with Gasteiger partial charge in [-0.3, -0.25) is 0 Å². The molecule has 0 aromatic rings. The van der Waals surface area contributed by atoms with Crippen LogP contribution < -0.4 is 14.4 Å². The molecule has 0 radical (unpaired) electrons. The Labute approximate surface area is 269 Å². The lowest BCUT2D eigenvalue weighted by molar-refractivity contribution is -0.238. The topological polar surface area (TPSA) is 145 Å². The highest BCUT2D eigenvalue weighted by molar-refractivity contribution is 6.89. The van der Waals surface area contributed by atoms with Crippen molar-refractivity contribution in [2.75, 3.05) is 0 Å². The van der Waals surface area contributed by atoms with Crippen molar-refractivity contribution in [2.24, 2.45) is 0 Å². The van der Waals surface area contributed by atoms with Crippen LogP contribution in [0.5, 0.6) is 0 Å². The molecule has 0 aromatic carbocycles. The molecule has 1 fully saturated rings. The molecule has 42 heavy (non-hydrogen) atoms. The van der Waals surface area contributed by atoms with Crippen molar-refractivity contribution in [3.8, 4) is 0 Å². The van der Waals surface area contributed by atoms with Crippen LogP contribution in [0, 0.1) is 0 Å². The number of hydrogen-bond acceptors (Lipinski definition) is 10.